The number of carbonyl (C=O) groups excluding carboxylic acids is 1. The molecule has 6 nitrogen and oxygen atoms in total. The molecule has 0 spiro atoms. The summed E-state index contributed by atoms with van der Waals surface area (Å²) in [6.45, 7) is 3.80. The lowest BCUT2D eigenvalue weighted by Gasteiger charge is -2.28. The van der Waals surface area contributed by atoms with Gasteiger partial charge < -0.3 is 15.0 Å². The molecule has 2 aromatic carbocycles. The van der Waals surface area contributed by atoms with E-state index in [1.165, 1.54) is 18.2 Å². The van der Waals surface area contributed by atoms with E-state index in [-0.39, 0.29) is 29.1 Å². The van der Waals surface area contributed by atoms with Crippen LogP contribution in [0.4, 0.5) is 13.2 Å². The second kappa shape index (κ2) is 8.88. The number of fused-ring (bicyclic) bond motifs is 1. The van der Waals surface area contributed by atoms with Crippen molar-refractivity contribution in [3.05, 3.63) is 70.0 Å². The second-order valence-electron chi connectivity index (χ2n) is 8.81. The van der Waals surface area contributed by atoms with Crippen LogP contribution in [0.25, 0.3) is 22.0 Å². The fourth-order valence-corrected chi connectivity index (χ4v) is 4.86. The van der Waals surface area contributed by atoms with Crippen molar-refractivity contribution in [2.75, 3.05) is 32.8 Å². The van der Waals surface area contributed by atoms with Gasteiger partial charge in [-0.05, 0) is 35.6 Å². The fraction of sp³-hybridized carbons (Fsp3) is 0.360. The van der Waals surface area contributed by atoms with E-state index in [1.54, 1.807) is 24.3 Å². The Labute approximate surface area is 193 Å². The zero-order chi connectivity index (χ0) is 23.9. The van der Waals surface area contributed by atoms with E-state index in [0.29, 0.717) is 30.4 Å². The summed E-state index contributed by atoms with van der Waals surface area (Å²) in [6.07, 6.45) is -3.92. The lowest BCUT2D eigenvalue weighted by Crippen LogP contribution is -2.44. The molecular formula is C25H24F3N3O3. The molecule has 9 heteroatoms. The van der Waals surface area contributed by atoms with E-state index in [9.17, 15) is 22.8 Å². The molecule has 34 heavy (non-hydrogen) atoms. The molecule has 0 radical (unpaired) electrons. The van der Waals surface area contributed by atoms with Crippen molar-refractivity contribution in [1.82, 2.24) is 15.2 Å². The largest absolute Gasteiger partial charge is 0.417 e. The molecule has 1 unspecified atom stereocenters. The Morgan fingerprint density at radius 3 is 2.56 bits per heavy atom. The van der Waals surface area contributed by atoms with Crippen LogP contribution in [0.2, 0.25) is 0 Å². The van der Waals surface area contributed by atoms with Gasteiger partial charge in [0.25, 0.3) is 5.56 Å². The van der Waals surface area contributed by atoms with Gasteiger partial charge in [-0.2, -0.15) is 13.2 Å². The smallest absolute Gasteiger partial charge is 0.379 e. The Hall–Kier alpha value is -3.17. The number of morpholine rings is 1. The van der Waals surface area contributed by atoms with Crippen molar-refractivity contribution in [3.8, 4) is 11.3 Å². The molecule has 2 atom stereocenters. The predicted molar refractivity (Wildman–Crippen MR) is 122 cm³/mol. The highest BCUT2D eigenvalue weighted by atomic mass is 19.4. The molecule has 5 rings (SSSR count). The molecule has 2 aliphatic heterocycles. The quantitative estimate of drug-likeness (QED) is 0.611. The van der Waals surface area contributed by atoms with Crippen molar-refractivity contribution in [2.24, 2.45) is 0 Å². The van der Waals surface area contributed by atoms with Crippen molar-refractivity contribution in [1.29, 1.82) is 0 Å². The third-order valence-corrected chi connectivity index (χ3v) is 6.56. The van der Waals surface area contributed by atoms with Gasteiger partial charge in [0.2, 0.25) is 5.91 Å². The van der Waals surface area contributed by atoms with Crippen LogP contribution in [-0.4, -0.2) is 54.7 Å². The lowest BCUT2D eigenvalue weighted by molar-refractivity contribution is -0.137. The summed E-state index contributed by atoms with van der Waals surface area (Å²) in [5.41, 5.74) is -0.560. The van der Waals surface area contributed by atoms with Gasteiger partial charge in [0.15, 0.2) is 0 Å². The molecule has 0 aliphatic carbocycles. The zero-order valence-corrected chi connectivity index (χ0v) is 18.3. The Bertz CT molecular complexity index is 1280. The highest BCUT2D eigenvalue weighted by Crippen LogP contribution is 2.37. The Morgan fingerprint density at radius 1 is 1.03 bits per heavy atom. The van der Waals surface area contributed by atoms with Crippen LogP contribution in [-0.2, 0) is 15.7 Å². The number of ether oxygens (including phenoxy) is 1. The van der Waals surface area contributed by atoms with Crippen LogP contribution >= 0.6 is 0 Å². The normalized spacial score (nSPS) is 21.7. The Morgan fingerprint density at radius 2 is 1.79 bits per heavy atom. The van der Waals surface area contributed by atoms with Crippen molar-refractivity contribution in [2.45, 2.75) is 24.6 Å². The number of benzene rings is 2. The number of halogens is 3. The highest BCUT2D eigenvalue weighted by Gasteiger charge is 2.35. The molecule has 3 aromatic rings. The van der Waals surface area contributed by atoms with Crippen LogP contribution in [0.15, 0.2) is 53.3 Å². The van der Waals surface area contributed by atoms with Crippen LogP contribution in [0.3, 0.4) is 0 Å². The minimum absolute atomic E-state index is 0.0193. The minimum atomic E-state index is -4.54. The van der Waals surface area contributed by atoms with Crippen molar-refractivity contribution < 1.29 is 22.7 Å². The molecule has 2 saturated heterocycles. The number of H-pyrrole nitrogens is 1. The molecule has 178 valence electrons. The van der Waals surface area contributed by atoms with Crippen LogP contribution in [0.1, 0.15) is 23.5 Å². The summed E-state index contributed by atoms with van der Waals surface area (Å²) in [6, 6.07) is 11.9. The molecule has 2 aliphatic rings. The van der Waals surface area contributed by atoms with Crippen molar-refractivity contribution in [3.63, 3.8) is 0 Å². The average Bonchev–Trinajstić information content (AvgIpc) is 3.18. The molecule has 1 amide bonds. The summed E-state index contributed by atoms with van der Waals surface area (Å²) in [5.74, 6) is -0.453. The number of rotatable bonds is 4. The summed E-state index contributed by atoms with van der Waals surface area (Å²) in [7, 11) is 0. The van der Waals surface area contributed by atoms with Gasteiger partial charge in [-0.25, -0.2) is 0 Å². The topological polar surface area (TPSA) is 74.4 Å². The third kappa shape index (κ3) is 4.45. The van der Waals surface area contributed by atoms with Crippen LogP contribution < -0.4 is 10.9 Å². The van der Waals surface area contributed by atoms with E-state index in [4.69, 9.17) is 4.74 Å². The third-order valence-electron chi connectivity index (χ3n) is 6.56. The molecule has 2 N–H and O–H groups in total. The highest BCUT2D eigenvalue weighted by molar-refractivity contribution is 5.90. The van der Waals surface area contributed by atoms with Gasteiger partial charge in [-0.15, -0.1) is 0 Å². The van der Waals surface area contributed by atoms with E-state index < -0.39 is 17.3 Å². The summed E-state index contributed by atoms with van der Waals surface area (Å²) < 4.78 is 45.7. The Balaban J connectivity index is 1.42. The lowest BCUT2D eigenvalue weighted by atomic mass is 9.93. The zero-order valence-electron chi connectivity index (χ0n) is 18.3. The first-order chi connectivity index (χ1) is 16.3. The molecule has 3 heterocycles. The van der Waals surface area contributed by atoms with Crippen LogP contribution in [0, 0.1) is 0 Å². The van der Waals surface area contributed by atoms with Gasteiger partial charge in [-0.3, -0.25) is 14.5 Å². The number of alkyl halides is 3. The van der Waals surface area contributed by atoms with Gasteiger partial charge >= 0.3 is 6.18 Å². The number of pyridine rings is 1. The van der Waals surface area contributed by atoms with E-state index in [1.807, 2.05) is 0 Å². The van der Waals surface area contributed by atoms with Gasteiger partial charge in [-0.1, -0.05) is 30.3 Å². The molecule has 0 saturated carbocycles. The maximum Gasteiger partial charge on any atom is 0.417 e. The van der Waals surface area contributed by atoms with Crippen LogP contribution in [0.5, 0.6) is 0 Å². The maximum atomic E-state index is 13.5. The average molecular weight is 471 g/mol. The van der Waals surface area contributed by atoms with E-state index in [0.717, 1.165) is 31.3 Å². The fourth-order valence-electron chi connectivity index (χ4n) is 4.86. The number of aromatic nitrogens is 1. The molecule has 2 fully saturated rings. The number of nitrogens with one attached hydrogen (secondary N) is 2. The number of amides is 1. The number of nitrogens with zero attached hydrogens (tertiary/aromatic N) is 1. The van der Waals surface area contributed by atoms with Crippen molar-refractivity contribution >= 4 is 16.7 Å². The molecule has 1 aromatic heterocycles. The monoisotopic (exact) mass is 471 g/mol. The number of aromatic amines is 1. The van der Waals surface area contributed by atoms with Gasteiger partial charge in [0, 0.05) is 42.3 Å². The first-order valence-electron chi connectivity index (χ1n) is 11.2. The molecular weight excluding hydrogens is 447 g/mol. The maximum absolute atomic E-state index is 13.5. The second-order valence-corrected chi connectivity index (χ2v) is 8.81. The van der Waals surface area contributed by atoms with E-state index in [2.05, 4.69) is 15.2 Å². The number of hydrogen-bond donors (Lipinski definition) is 2. The number of hydrogen-bond acceptors (Lipinski definition) is 4. The predicted octanol–water partition coefficient (Wildman–Crippen LogP) is 3.52. The summed E-state index contributed by atoms with van der Waals surface area (Å²) in [5, 5.41) is 3.91. The first-order valence-corrected chi connectivity index (χ1v) is 11.2. The van der Waals surface area contributed by atoms with E-state index >= 15 is 0 Å². The molecule has 0 bridgehead atoms. The first kappa shape index (κ1) is 22.6. The van der Waals surface area contributed by atoms with Gasteiger partial charge in [0.1, 0.15) is 0 Å². The SMILES string of the molecule is O=C1NC(CN2CCOCC2)C[C@H]1c1ccc2cc(-c3ccccc3C(F)(F)F)[nH]c(=O)c2c1. The summed E-state index contributed by atoms with van der Waals surface area (Å²) >= 11 is 0. The Kier molecular flexibility index (Phi) is 5.91. The van der Waals surface area contributed by atoms with Gasteiger partial charge in [0.05, 0.1) is 24.7 Å². The standard InChI is InChI=1S/C25H24F3N3O3/c26-25(27,28)21-4-2-1-3-18(21)22-12-16-6-5-15(11-19(16)24(33)30-22)20-13-17(29-23(20)32)14-31-7-9-34-10-8-31/h1-6,11-12,17,20H,7-10,13-14H2,(H,29,32)(H,30,33)/t17?,20-/m0/s1. The minimum Gasteiger partial charge on any atom is -0.379 e. The number of carbonyl (C=O) groups is 1. The summed E-state index contributed by atoms with van der Waals surface area (Å²) in [4.78, 5) is 30.4.